The number of aliphatic carboxylic acids is 1. The van der Waals surface area contributed by atoms with Crippen molar-refractivity contribution < 1.29 is 14.6 Å². The molecule has 0 spiro atoms. The summed E-state index contributed by atoms with van der Waals surface area (Å²) in [4.78, 5) is 14.9. The Bertz CT molecular complexity index is 814. The second kappa shape index (κ2) is 8.10. The summed E-state index contributed by atoms with van der Waals surface area (Å²) < 4.78 is 5.78. The van der Waals surface area contributed by atoms with Crippen molar-refractivity contribution in [1.29, 1.82) is 0 Å². The molecule has 0 unspecified atom stereocenters. The van der Waals surface area contributed by atoms with Crippen LogP contribution in [0.3, 0.4) is 0 Å². The van der Waals surface area contributed by atoms with Gasteiger partial charge >= 0.3 is 5.97 Å². The van der Waals surface area contributed by atoms with E-state index in [9.17, 15) is 4.79 Å². The maximum absolute atomic E-state index is 10.6. The van der Waals surface area contributed by atoms with Gasteiger partial charge in [-0.15, -0.1) is 0 Å². The number of nitrogens with zero attached hydrogens (tertiary/aromatic N) is 2. The lowest BCUT2D eigenvalue weighted by atomic mass is 10.1. The Labute approximate surface area is 145 Å². The van der Waals surface area contributed by atoms with E-state index in [1.165, 1.54) is 0 Å². The summed E-state index contributed by atoms with van der Waals surface area (Å²) in [6.45, 7) is 0.442. The van der Waals surface area contributed by atoms with Gasteiger partial charge in [0.25, 0.3) is 0 Å². The van der Waals surface area contributed by atoms with Gasteiger partial charge in [-0.2, -0.15) is 5.10 Å². The smallest absolute Gasteiger partial charge is 0.303 e. The van der Waals surface area contributed by atoms with E-state index >= 15 is 0 Å². The predicted molar refractivity (Wildman–Crippen MR) is 93.2 cm³/mol. The van der Waals surface area contributed by atoms with Gasteiger partial charge in [0.1, 0.15) is 12.4 Å². The molecule has 0 radical (unpaired) electrons. The number of ether oxygens (including phenoxy) is 1. The largest absolute Gasteiger partial charge is 0.487 e. The van der Waals surface area contributed by atoms with E-state index in [0.717, 1.165) is 28.9 Å². The quantitative estimate of drug-likeness (QED) is 0.657. The Morgan fingerprint density at radius 1 is 1.16 bits per heavy atom. The number of aromatic amines is 1. The van der Waals surface area contributed by atoms with Gasteiger partial charge in [-0.05, 0) is 42.2 Å². The van der Waals surface area contributed by atoms with Crippen LogP contribution in [0.5, 0.6) is 5.75 Å². The Balaban J connectivity index is 1.55. The molecule has 0 atom stereocenters. The maximum Gasteiger partial charge on any atom is 0.303 e. The standard InChI is InChI=1S/C19H19N3O3/c23-19(24)6-2-4-14-3-1-5-15(11-14)13-25-16-7-8-17(20-12-16)18-9-10-21-22-18/h1,3,5,7-12H,2,4,6,13H2,(H,21,22)(H,23,24). The number of carbonyl (C=O) groups is 1. The van der Waals surface area contributed by atoms with Gasteiger partial charge in [0, 0.05) is 12.6 Å². The summed E-state index contributed by atoms with van der Waals surface area (Å²) in [7, 11) is 0. The molecule has 6 heteroatoms. The molecule has 128 valence electrons. The molecule has 6 nitrogen and oxygen atoms in total. The maximum atomic E-state index is 10.6. The molecule has 25 heavy (non-hydrogen) atoms. The van der Waals surface area contributed by atoms with Gasteiger partial charge in [0.05, 0.1) is 17.6 Å². The first-order valence-electron chi connectivity index (χ1n) is 8.09. The van der Waals surface area contributed by atoms with Crippen molar-refractivity contribution in [3.05, 3.63) is 66.0 Å². The van der Waals surface area contributed by atoms with Crippen molar-refractivity contribution in [2.24, 2.45) is 0 Å². The SMILES string of the molecule is O=C(O)CCCc1cccc(COc2ccc(-c3ccn[nH]3)nc2)c1. The Morgan fingerprint density at radius 2 is 2.04 bits per heavy atom. The monoisotopic (exact) mass is 337 g/mol. The van der Waals surface area contributed by atoms with Crippen molar-refractivity contribution >= 4 is 5.97 Å². The van der Waals surface area contributed by atoms with Crippen LogP contribution in [0.15, 0.2) is 54.9 Å². The predicted octanol–water partition coefficient (Wildman–Crippen LogP) is 3.46. The normalized spacial score (nSPS) is 10.6. The van der Waals surface area contributed by atoms with Gasteiger partial charge in [0.2, 0.25) is 0 Å². The zero-order chi connectivity index (χ0) is 17.5. The lowest BCUT2D eigenvalue weighted by Crippen LogP contribution is -1.99. The molecular formula is C19H19N3O3. The molecule has 1 aromatic carbocycles. The number of aryl methyl sites for hydroxylation is 1. The average Bonchev–Trinajstić information content (AvgIpc) is 3.15. The van der Waals surface area contributed by atoms with Crippen LogP contribution in [0, 0.1) is 0 Å². The first-order chi connectivity index (χ1) is 12.2. The second-order valence-electron chi connectivity index (χ2n) is 5.71. The summed E-state index contributed by atoms with van der Waals surface area (Å²) in [6, 6.07) is 13.6. The van der Waals surface area contributed by atoms with Gasteiger partial charge in [-0.25, -0.2) is 0 Å². The molecule has 3 rings (SSSR count). The minimum absolute atomic E-state index is 0.190. The minimum atomic E-state index is -0.759. The summed E-state index contributed by atoms with van der Waals surface area (Å²) in [5, 5.41) is 15.5. The zero-order valence-electron chi connectivity index (χ0n) is 13.7. The van der Waals surface area contributed by atoms with Crippen molar-refractivity contribution in [3.8, 4) is 17.1 Å². The van der Waals surface area contributed by atoms with Crippen LogP contribution < -0.4 is 4.74 Å². The van der Waals surface area contributed by atoms with Crippen molar-refractivity contribution in [2.75, 3.05) is 0 Å². The van der Waals surface area contributed by atoms with E-state index in [0.29, 0.717) is 18.8 Å². The molecule has 2 aromatic heterocycles. The molecule has 0 aliphatic rings. The highest BCUT2D eigenvalue weighted by molar-refractivity contribution is 5.66. The third-order valence-electron chi connectivity index (χ3n) is 3.77. The Morgan fingerprint density at radius 3 is 2.76 bits per heavy atom. The van der Waals surface area contributed by atoms with E-state index in [1.807, 2.05) is 42.5 Å². The lowest BCUT2D eigenvalue weighted by Gasteiger charge is -2.08. The summed E-state index contributed by atoms with van der Waals surface area (Å²) in [5.41, 5.74) is 3.84. The highest BCUT2D eigenvalue weighted by atomic mass is 16.5. The molecule has 0 aliphatic carbocycles. The number of benzene rings is 1. The molecule has 3 aromatic rings. The Kier molecular flexibility index (Phi) is 5.41. The summed E-state index contributed by atoms with van der Waals surface area (Å²) in [5.74, 6) is -0.0647. The molecule has 2 heterocycles. The molecule has 0 aliphatic heterocycles. The fraction of sp³-hybridized carbons (Fsp3) is 0.211. The first-order valence-corrected chi connectivity index (χ1v) is 8.09. The zero-order valence-corrected chi connectivity index (χ0v) is 13.7. The number of rotatable bonds is 8. The fourth-order valence-electron chi connectivity index (χ4n) is 2.51. The average molecular weight is 337 g/mol. The third kappa shape index (κ3) is 4.91. The van der Waals surface area contributed by atoms with Crippen LogP contribution in [0.25, 0.3) is 11.4 Å². The van der Waals surface area contributed by atoms with Gasteiger partial charge < -0.3 is 9.84 Å². The summed E-state index contributed by atoms with van der Waals surface area (Å²) in [6.07, 6.45) is 4.95. The van der Waals surface area contributed by atoms with Crippen molar-refractivity contribution in [1.82, 2.24) is 15.2 Å². The third-order valence-corrected chi connectivity index (χ3v) is 3.77. The highest BCUT2D eigenvalue weighted by Gasteiger charge is 2.03. The van der Waals surface area contributed by atoms with Crippen molar-refractivity contribution in [2.45, 2.75) is 25.9 Å². The van der Waals surface area contributed by atoms with Crippen LogP contribution >= 0.6 is 0 Å². The number of H-pyrrole nitrogens is 1. The lowest BCUT2D eigenvalue weighted by molar-refractivity contribution is -0.137. The van der Waals surface area contributed by atoms with E-state index < -0.39 is 5.97 Å². The van der Waals surface area contributed by atoms with Gasteiger partial charge in [-0.1, -0.05) is 24.3 Å². The number of hydrogen-bond acceptors (Lipinski definition) is 4. The first kappa shape index (κ1) is 16.7. The minimum Gasteiger partial charge on any atom is -0.487 e. The second-order valence-corrected chi connectivity index (χ2v) is 5.71. The number of hydrogen-bond donors (Lipinski definition) is 2. The van der Waals surface area contributed by atoms with Gasteiger partial charge in [-0.3, -0.25) is 14.9 Å². The topological polar surface area (TPSA) is 88.1 Å². The molecular weight excluding hydrogens is 318 g/mol. The van der Waals surface area contributed by atoms with Crippen LogP contribution in [0.1, 0.15) is 24.0 Å². The number of carboxylic acid groups (broad SMARTS) is 1. The van der Waals surface area contributed by atoms with Crippen LogP contribution in [-0.4, -0.2) is 26.3 Å². The van der Waals surface area contributed by atoms with E-state index in [1.54, 1.807) is 12.4 Å². The number of pyridine rings is 1. The van der Waals surface area contributed by atoms with Crippen LogP contribution in [0.4, 0.5) is 0 Å². The fourth-order valence-corrected chi connectivity index (χ4v) is 2.51. The molecule has 0 saturated carbocycles. The van der Waals surface area contributed by atoms with E-state index in [2.05, 4.69) is 15.2 Å². The number of nitrogens with one attached hydrogen (secondary N) is 1. The van der Waals surface area contributed by atoms with E-state index in [-0.39, 0.29) is 6.42 Å². The molecule has 0 saturated heterocycles. The van der Waals surface area contributed by atoms with Crippen LogP contribution in [0.2, 0.25) is 0 Å². The van der Waals surface area contributed by atoms with Crippen molar-refractivity contribution in [3.63, 3.8) is 0 Å². The number of carboxylic acids is 1. The number of aromatic nitrogens is 3. The molecule has 0 bridgehead atoms. The molecule has 0 amide bonds. The molecule has 2 N–H and O–H groups in total. The Hall–Kier alpha value is -3.15. The molecule has 0 fully saturated rings. The summed E-state index contributed by atoms with van der Waals surface area (Å²) >= 11 is 0. The highest BCUT2D eigenvalue weighted by Crippen LogP contribution is 2.18. The van der Waals surface area contributed by atoms with Crippen LogP contribution in [-0.2, 0) is 17.8 Å². The van der Waals surface area contributed by atoms with E-state index in [4.69, 9.17) is 9.84 Å². The van der Waals surface area contributed by atoms with Gasteiger partial charge in [0.15, 0.2) is 0 Å².